The second kappa shape index (κ2) is 19.1. The van der Waals surface area contributed by atoms with Crippen LogP contribution in [0.5, 0.6) is 23.0 Å². The zero-order valence-corrected chi connectivity index (χ0v) is 30.5. The van der Waals surface area contributed by atoms with E-state index >= 15 is 0 Å². The number of nitro benzene ring substituents is 1. The SMILES string of the molecule is C=CC(=O)OCOc1ccc(C(=O)Oc2ccc(OC(=O)c3ccc(OCC(COC(=O)C=C)OC(=O)C=C)cc3)c3sc(-c4ccc([N+](=O)[O-])cc4)nc23)cc1. The average Bonchev–Trinajstić information content (AvgIpc) is 3.69. The van der Waals surface area contributed by atoms with Gasteiger partial charge >= 0.3 is 29.8 Å². The lowest BCUT2D eigenvalue weighted by atomic mass is 10.2. The summed E-state index contributed by atoms with van der Waals surface area (Å²) in [6.45, 7) is 9.09. The summed E-state index contributed by atoms with van der Waals surface area (Å²) in [6.07, 6.45) is 1.94. The van der Waals surface area contributed by atoms with Crippen molar-refractivity contribution in [3.63, 3.8) is 0 Å². The number of hydrogen-bond donors (Lipinski definition) is 0. The number of carbonyl (C=O) groups excluding carboxylic acids is 5. The predicted octanol–water partition coefficient (Wildman–Crippen LogP) is 6.58. The molecule has 0 bridgehead atoms. The molecule has 5 rings (SSSR count). The molecule has 0 aliphatic carbocycles. The molecule has 1 unspecified atom stereocenters. The highest BCUT2D eigenvalue weighted by Crippen LogP contribution is 2.41. The predicted molar refractivity (Wildman–Crippen MR) is 203 cm³/mol. The Labute approximate surface area is 327 Å². The highest BCUT2D eigenvalue weighted by molar-refractivity contribution is 7.22. The van der Waals surface area contributed by atoms with Gasteiger partial charge in [-0.05, 0) is 72.8 Å². The highest BCUT2D eigenvalue weighted by atomic mass is 32.1. The number of esters is 5. The molecule has 0 saturated carbocycles. The standard InChI is InChI=1S/C40H30N2O14S/c1-4-33(43)51-22-30(54-35(45)6-3)21-50-28-15-9-26(10-16-28)40(47)56-32-20-19-31(36-37(32)57-38(41-36)24-7-13-27(14-8-24)42(48)49)55-39(46)25-11-17-29(18-12-25)52-23-53-34(44)5-2/h4-20,30H,1-3,21-23H2. The van der Waals surface area contributed by atoms with Crippen molar-refractivity contribution >= 4 is 57.1 Å². The molecular weight excluding hydrogens is 765 g/mol. The van der Waals surface area contributed by atoms with Gasteiger partial charge in [-0.1, -0.05) is 19.7 Å². The minimum atomic E-state index is -0.967. The molecular formula is C40H30N2O14S. The summed E-state index contributed by atoms with van der Waals surface area (Å²) in [4.78, 5) is 76.3. The Bertz CT molecular complexity index is 2340. The molecule has 1 heterocycles. The van der Waals surface area contributed by atoms with Crippen molar-refractivity contribution in [2.24, 2.45) is 0 Å². The molecule has 0 N–H and O–H groups in total. The molecule has 4 aromatic carbocycles. The van der Waals surface area contributed by atoms with Crippen LogP contribution in [0.4, 0.5) is 5.69 Å². The minimum absolute atomic E-state index is 0.0358. The molecule has 0 radical (unpaired) electrons. The molecule has 0 aliphatic heterocycles. The summed E-state index contributed by atoms with van der Waals surface area (Å²) in [6, 6.07) is 20.2. The summed E-state index contributed by atoms with van der Waals surface area (Å²) < 4.78 is 37.7. The fourth-order valence-electron chi connectivity index (χ4n) is 4.63. The van der Waals surface area contributed by atoms with Gasteiger partial charge in [0.15, 0.2) is 17.6 Å². The summed E-state index contributed by atoms with van der Waals surface area (Å²) >= 11 is 1.10. The minimum Gasteiger partial charge on any atom is -0.490 e. The van der Waals surface area contributed by atoms with Gasteiger partial charge in [-0.3, -0.25) is 10.1 Å². The second-order valence-corrected chi connectivity index (χ2v) is 12.2. The number of fused-ring (bicyclic) bond motifs is 1. The summed E-state index contributed by atoms with van der Waals surface area (Å²) in [5.41, 5.74) is 0.843. The van der Waals surface area contributed by atoms with Crippen LogP contribution in [0.15, 0.2) is 123 Å². The van der Waals surface area contributed by atoms with Gasteiger partial charge in [-0.2, -0.15) is 0 Å². The van der Waals surface area contributed by atoms with Crippen LogP contribution in [0.3, 0.4) is 0 Å². The van der Waals surface area contributed by atoms with Crippen molar-refractivity contribution in [3.05, 3.63) is 144 Å². The molecule has 17 heteroatoms. The van der Waals surface area contributed by atoms with Gasteiger partial charge < -0.3 is 33.2 Å². The molecule has 0 saturated heterocycles. The van der Waals surface area contributed by atoms with Crippen molar-refractivity contribution in [3.8, 4) is 33.6 Å². The Balaban J connectivity index is 1.34. The van der Waals surface area contributed by atoms with E-state index in [1.165, 1.54) is 84.9 Å². The molecule has 0 spiro atoms. The Kier molecular flexibility index (Phi) is 13.6. The maximum atomic E-state index is 13.3. The number of ether oxygens (including phenoxy) is 7. The van der Waals surface area contributed by atoms with Crippen LogP contribution >= 0.6 is 11.3 Å². The number of non-ortho nitro benzene ring substituents is 1. The summed E-state index contributed by atoms with van der Waals surface area (Å²) in [5, 5.41) is 11.6. The van der Waals surface area contributed by atoms with Crippen molar-refractivity contribution < 1.29 is 62.1 Å². The summed E-state index contributed by atoms with van der Waals surface area (Å²) in [7, 11) is 0. The number of rotatable bonds is 18. The molecule has 0 aliphatic rings. The van der Waals surface area contributed by atoms with E-state index < -0.39 is 40.9 Å². The number of aromatic nitrogens is 1. The fraction of sp³-hybridized carbons (Fsp3) is 0.100. The normalized spacial score (nSPS) is 10.9. The Hall–Kier alpha value is -7.66. The van der Waals surface area contributed by atoms with Crippen LogP contribution in [0.2, 0.25) is 0 Å². The molecule has 0 amide bonds. The quantitative estimate of drug-likeness (QED) is 0.0175. The fourth-order valence-corrected chi connectivity index (χ4v) is 5.67. The van der Waals surface area contributed by atoms with E-state index in [2.05, 4.69) is 24.7 Å². The van der Waals surface area contributed by atoms with Crippen molar-refractivity contribution in [2.75, 3.05) is 20.0 Å². The van der Waals surface area contributed by atoms with Crippen molar-refractivity contribution in [1.29, 1.82) is 0 Å². The number of nitro groups is 1. The van der Waals surface area contributed by atoms with Gasteiger partial charge in [0.05, 0.1) is 16.1 Å². The van der Waals surface area contributed by atoms with Crippen molar-refractivity contribution in [2.45, 2.75) is 6.10 Å². The molecule has 16 nitrogen and oxygen atoms in total. The van der Waals surface area contributed by atoms with Crippen LogP contribution in [-0.2, 0) is 28.6 Å². The van der Waals surface area contributed by atoms with Gasteiger partial charge in [-0.25, -0.2) is 29.0 Å². The molecule has 0 fully saturated rings. The van der Waals surface area contributed by atoms with Gasteiger partial charge in [-0.15, -0.1) is 11.3 Å². The second-order valence-electron chi connectivity index (χ2n) is 11.2. The Morgan fingerprint density at radius 1 is 0.684 bits per heavy atom. The van der Waals surface area contributed by atoms with E-state index in [4.69, 9.17) is 33.2 Å². The average molecular weight is 795 g/mol. The van der Waals surface area contributed by atoms with Gasteiger partial charge in [0.2, 0.25) is 6.79 Å². The lowest BCUT2D eigenvalue weighted by Gasteiger charge is -2.17. The highest BCUT2D eigenvalue weighted by Gasteiger charge is 2.22. The van der Waals surface area contributed by atoms with E-state index in [9.17, 15) is 34.1 Å². The molecule has 5 aromatic rings. The molecule has 57 heavy (non-hydrogen) atoms. The van der Waals surface area contributed by atoms with E-state index in [1.807, 2.05) is 0 Å². The zero-order valence-electron chi connectivity index (χ0n) is 29.7. The number of nitrogens with zero attached hydrogens (tertiary/aromatic N) is 2. The van der Waals surface area contributed by atoms with Gasteiger partial charge in [0.25, 0.3) is 5.69 Å². The van der Waals surface area contributed by atoms with Crippen LogP contribution in [0, 0.1) is 10.1 Å². The first kappa shape index (κ1) is 40.5. The van der Waals surface area contributed by atoms with E-state index in [0.717, 1.165) is 29.6 Å². The van der Waals surface area contributed by atoms with Crippen LogP contribution in [0.25, 0.3) is 20.8 Å². The maximum Gasteiger partial charge on any atom is 0.343 e. The van der Waals surface area contributed by atoms with E-state index in [1.54, 1.807) is 0 Å². The lowest BCUT2D eigenvalue weighted by Crippen LogP contribution is -2.30. The number of benzene rings is 4. The Morgan fingerprint density at radius 2 is 1.23 bits per heavy atom. The molecule has 1 atom stereocenters. The van der Waals surface area contributed by atoms with Gasteiger partial charge in [0.1, 0.15) is 39.9 Å². The first-order valence-corrected chi connectivity index (χ1v) is 17.3. The van der Waals surface area contributed by atoms with E-state index in [0.29, 0.717) is 26.8 Å². The number of hydrogen-bond acceptors (Lipinski definition) is 16. The monoisotopic (exact) mass is 794 g/mol. The largest absolute Gasteiger partial charge is 0.490 e. The first-order chi connectivity index (χ1) is 27.5. The molecule has 1 aromatic heterocycles. The van der Waals surface area contributed by atoms with Crippen LogP contribution in [-0.4, -0.2) is 65.9 Å². The third-order valence-electron chi connectivity index (χ3n) is 7.44. The lowest BCUT2D eigenvalue weighted by molar-refractivity contribution is -0.384. The number of thiazole rings is 1. The Morgan fingerprint density at radius 3 is 1.81 bits per heavy atom. The summed E-state index contributed by atoms with van der Waals surface area (Å²) in [5.74, 6) is -2.90. The third-order valence-corrected chi connectivity index (χ3v) is 8.56. The molecule has 290 valence electrons. The topological polar surface area (TPSA) is 206 Å². The first-order valence-electron chi connectivity index (χ1n) is 16.5. The van der Waals surface area contributed by atoms with Gasteiger partial charge in [0, 0.05) is 35.9 Å². The van der Waals surface area contributed by atoms with Crippen LogP contribution in [0.1, 0.15) is 20.7 Å². The van der Waals surface area contributed by atoms with E-state index in [-0.39, 0.29) is 53.8 Å². The third kappa shape index (κ3) is 11.0. The zero-order chi connectivity index (χ0) is 40.9. The smallest absolute Gasteiger partial charge is 0.343 e. The number of carbonyl (C=O) groups is 5. The maximum absolute atomic E-state index is 13.3. The van der Waals surface area contributed by atoms with Crippen molar-refractivity contribution in [1.82, 2.24) is 4.98 Å². The van der Waals surface area contributed by atoms with Crippen LogP contribution < -0.4 is 18.9 Å².